The van der Waals surface area contributed by atoms with Gasteiger partial charge in [0.2, 0.25) is 0 Å². The molecule has 4 nitrogen and oxygen atoms in total. The summed E-state index contributed by atoms with van der Waals surface area (Å²) in [6.07, 6.45) is 1.93. The molecule has 2 aliphatic heterocycles. The van der Waals surface area contributed by atoms with Crippen LogP contribution in [0.25, 0.3) is 0 Å². The maximum Gasteiger partial charge on any atom is 0.320 e. The molecule has 4 heteroatoms. The zero-order valence-electron chi connectivity index (χ0n) is 11.2. The van der Waals surface area contributed by atoms with Gasteiger partial charge in [-0.2, -0.15) is 0 Å². The highest BCUT2D eigenvalue weighted by Gasteiger charge is 2.24. The summed E-state index contributed by atoms with van der Waals surface area (Å²) in [5.41, 5.74) is 2.78. The fourth-order valence-electron chi connectivity index (χ4n) is 2.81. The van der Waals surface area contributed by atoms with E-state index in [9.17, 15) is 4.79 Å². The second-order valence-electron chi connectivity index (χ2n) is 5.14. The van der Waals surface area contributed by atoms with Crippen molar-refractivity contribution in [2.24, 2.45) is 0 Å². The van der Waals surface area contributed by atoms with Gasteiger partial charge in [0.1, 0.15) is 0 Å². The monoisotopic (exact) mass is 260 g/mol. The van der Waals surface area contributed by atoms with Crippen LogP contribution >= 0.6 is 0 Å². The largest absolute Gasteiger partial charge is 0.378 e. The molecule has 19 heavy (non-hydrogen) atoms. The quantitative estimate of drug-likeness (QED) is 0.709. The molecule has 102 valence electrons. The molecule has 1 aromatic rings. The number of hydrogen-bond acceptors (Lipinski definition) is 2. The summed E-state index contributed by atoms with van der Waals surface area (Å²) in [6.45, 7) is 4.44. The minimum atomic E-state index is 0.177. The summed E-state index contributed by atoms with van der Waals surface area (Å²) in [5, 5.41) is 0. The van der Waals surface area contributed by atoms with E-state index in [2.05, 4.69) is 24.3 Å². The smallest absolute Gasteiger partial charge is 0.320 e. The Morgan fingerprint density at radius 3 is 2.00 bits per heavy atom. The summed E-state index contributed by atoms with van der Waals surface area (Å²) < 4.78 is 5.30. The third-order valence-corrected chi connectivity index (χ3v) is 3.97. The van der Waals surface area contributed by atoms with Crippen LogP contribution in [0.15, 0.2) is 24.3 Å². The number of ether oxygens (including phenoxy) is 1. The topological polar surface area (TPSA) is 32.8 Å². The van der Waals surface area contributed by atoms with Gasteiger partial charge in [-0.1, -0.05) is 24.3 Å². The summed E-state index contributed by atoms with van der Waals surface area (Å²) in [7, 11) is 0. The van der Waals surface area contributed by atoms with E-state index in [1.165, 1.54) is 11.1 Å². The Bertz CT molecular complexity index is 428. The Hall–Kier alpha value is -1.55. The zero-order chi connectivity index (χ0) is 13.1. The van der Waals surface area contributed by atoms with E-state index in [-0.39, 0.29) is 6.03 Å². The first-order valence-corrected chi connectivity index (χ1v) is 7.03. The lowest BCUT2D eigenvalue weighted by atomic mass is 10.0. The van der Waals surface area contributed by atoms with Crippen molar-refractivity contribution < 1.29 is 9.53 Å². The molecule has 2 amide bonds. The highest BCUT2D eigenvalue weighted by Crippen LogP contribution is 2.16. The predicted molar refractivity (Wildman–Crippen MR) is 73.2 cm³/mol. The van der Waals surface area contributed by atoms with Crippen molar-refractivity contribution in [1.29, 1.82) is 0 Å². The molecule has 0 N–H and O–H groups in total. The molecule has 1 aromatic carbocycles. The lowest BCUT2D eigenvalue weighted by molar-refractivity contribution is 0.0436. The number of nitrogens with zero attached hydrogens (tertiary/aromatic N) is 2. The highest BCUT2D eigenvalue weighted by atomic mass is 16.5. The Balaban J connectivity index is 1.66. The average molecular weight is 260 g/mol. The number of urea groups is 1. The van der Waals surface area contributed by atoms with Crippen molar-refractivity contribution in [1.82, 2.24) is 9.80 Å². The van der Waals surface area contributed by atoms with Gasteiger partial charge < -0.3 is 14.5 Å². The molecule has 2 aliphatic rings. The number of fused-ring (bicyclic) bond motifs is 1. The first-order valence-electron chi connectivity index (χ1n) is 7.03. The van der Waals surface area contributed by atoms with Crippen molar-refractivity contribution in [3.63, 3.8) is 0 Å². The van der Waals surface area contributed by atoms with Crippen LogP contribution < -0.4 is 0 Å². The van der Waals surface area contributed by atoms with Crippen molar-refractivity contribution in [3.05, 3.63) is 35.4 Å². The van der Waals surface area contributed by atoms with Crippen LogP contribution in [0.2, 0.25) is 0 Å². The van der Waals surface area contributed by atoms with Crippen molar-refractivity contribution >= 4 is 6.03 Å². The van der Waals surface area contributed by atoms with E-state index in [4.69, 9.17) is 4.74 Å². The molecule has 3 rings (SSSR count). The molecule has 0 atom stereocenters. The van der Waals surface area contributed by atoms with Gasteiger partial charge in [0.15, 0.2) is 0 Å². The molecule has 0 bridgehead atoms. The Morgan fingerprint density at radius 2 is 1.42 bits per heavy atom. The zero-order valence-corrected chi connectivity index (χ0v) is 11.2. The summed E-state index contributed by atoms with van der Waals surface area (Å²) in [5.74, 6) is 0. The van der Waals surface area contributed by atoms with Crippen molar-refractivity contribution in [3.8, 4) is 0 Å². The van der Waals surface area contributed by atoms with Gasteiger partial charge in [-0.3, -0.25) is 0 Å². The van der Waals surface area contributed by atoms with E-state index in [0.717, 1.165) is 39.0 Å². The number of rotatable bonds is 0. The first-order chi connectivity index (χ1) is 9.34. The third kappa shape index (κ3) is 2.73. The first kappa shape index (κ1) is 12.5. The van der Waals surface area contributed by atoms with Crippen LogP contribution in [0, 0.1) is 0 Å². The number of hydrogen-bond donors (Lipinski definition) is 0. The molecule has 2 heterocycles. The Labute approximate surface area is 113 Å². The second kappa shape index (κ2) is 5.61. The fraction of sp³-hybridized carbons (Fsp3) is 0.533. The molecule has 1 saturated heterocycles. The molecule has 1 fully saturated rings. The van der Waals surface area contributed by atoms with Crippen molar-refractivity contribution in [2.45, 2.75) is 12.8 Å². The second-order valence-corrected chi connectivity index (χ2v) is 5.14. The van der Waals surface area contributed by atoms with E-state index >= 15 is 0 Å². The van der Waals surface area contributed by atoms with Crippen LogP contribution in [0.3, 0.4) is 0 Å². The Kier molecular flexibility index (Phi) is 3.69. The standard InChI is InChI=1S/C15H20N2O2/c18-15(17-9-11-19-12-10-17)16-7-5-13-3-1-2-4-14(13)6-8-16/h1-4H,5-12H2. The molecular formula is C15H20N2O2. The van der Waals surface area contributed by atoms with Gasteiger partial charge in [-0.25, -0.2) is 4.79 Å². The molecular weight excluding hydrogens is 240 g/mol. The predicted octanol–water partition coefficient (Wildman–Crippen LogP) is 1.54. The highest BCUT2D eigenvalue weighted by molar-refractivity contribution is 5.74. The molecule has 0 spiro atoms. The molecule has 0 radical (unpaired) electrons. The van der Waals surface area contributed by atoms with Crippen LogP contribution in [0.1, 0.15) is 11.1 Å². The van der Waals surface area contributed by atoms with Crippen LogP contribution in [0.5, 0.6) is 0 Å². The lowest BCUT2D eigenvalue weighted by Gasteiger charge is -2.32. The van der Waals surface area contributed by atoms with Gasteiger partial charge in [-0.05, 0) is 24.0 Å². The Morgan fingerprint density at radius 1 is 0.895 bits per heavy atom. The van der Waals surface area contributed by atoms with Gasteiger partial charge >= 0.3 is 6.03 Å². The summed E-state index contributed by atoms with van der Waals surface area (Å²) >= 11 is 0. The normalized spacial score (nSPS) is 19.8. The number of carbonyl (C=O) groups is 1. The van der Waals surface area contributed by atoms with Gasteiger partial charge in [0.25, 0.3) is 0 Å². The third-order valence-electron chi connectivity index (χ3n) is 3.97. The molecule has 0 aromatic heterocycles. The van der Waals surface area contributed by atoms with Crippen LogP contribution in [0.4, 0.5) is 4.79 Å². The van der Waals surface area contributed by atoms with Gasteiger partial charge in [0.05, 0.1) is 13.2 Å². The maximum absolute atomic E-state index is 12.5. The SMILES string of the molecule is O=C(N1CCOCC1)N1CCc2ccccc2CC1. The average Bonchev–Trinajstić information content (AvgIpc) is 2.70. The van der Waals surface area contributed by atoms with Crippen molar-refractivity contribution in [2.75, 3.05) is 39.4 Å². The fourth-order valence-corrected chi connectivity index (χ4v) is 2.81. The van der Waals surface area contributed by atoms with E-state index < -0.39 is 0 Å². The van der Waals surface area contributed by atoms with Crippen LogP contribution in [-0.4, -0.2) is 55.2 Å². The number of morpholine rings is 1. The van der Waals surface area contributed by atoms with Gasteiger partial charge in [0, 0.05) is 26.2 Å². The summed E-state index contributed by atoms with van der Waals surface area (Å²) in [4.78, 5) is 16.4. The van der Waals surface area contributed by atoms with Gasteiger partial charge in [-0.15, -0.1) is 0 Å². The number of amides is 2. The maximum atomic E-state index is 12.5. The van der Waals surface area contributed by atoms with E-state index in [1.807, 2.05) is 9.80 Å². The minimum Gasteiger partial charge on any atom is -0.378 e. The van der Waals surface area contributed by atoms with E-state index in [0.29, 0.717) is 13.2 Å². The molecule has 0 saturated carbocycles. The number of benzene rings is 1. The molecule has 0 aliphatic carbocycles. The minimum absolute atomic E-state index is 0.177. The lowest BCUT2D eigenvalue weighted by Crippen LogP contribution is -2.48. The van der Waals surface area contributed by atoms with Crippen LogP contribution in [-0.2, 0) is 17.6 Å². The van der Waals surface area contributed by atoms with E-state index in [1.54, 1.807) is 0 Å². The number of carbonyl (C=O) groups excluding carboxylic acids is 1. The summed E-state index contributed by atoms with van der Waals surface area (Å²) in [6, 6.07) is 8.70. The molecule has 0 unspecified atom stereocenters.